The number of ether oxygens (including phenoxy) is 5. The SMILES string of the molecule is CCOC(=O)c1ccc(OCOC)c(C)c1.COCOc1ccc(CO)cc1C. The predicted molar refractivity (Wildman–Crippen MR) is 109 cm³/mol. The minimum atomic E-state index is -0.316. The van der Waals surface area contributed by atoms with E-state index in [-0.39, 0.29) is 26.2 Å². The number of hydrogen-bond donors (Lipinski definition) is 1. The first-order valence-corrected chi connectivity index (χ1v) is 9.18. The Morgan fingerprint density at radius 1 is 0.897 bits per heavy atom. The van der Waals surface area contributed by atoms with E-state index in [0.29, 0.717) is 17.9 Å². The Kier molecular flexibility index (Phi) is 11.4. The van der Waals surface area contributed by atoms with E-state index >= 15 is 0 Å². The number of aliphatic hydroxyl groups is 1. The van der Waals surface area contributed by atoms with E-state index in [1.807, 2.05) is 32.0 Å². The number of aryl methyl sites for hydroxylation is 2. The average molecular weight is 406 g/mol. The lowest BCUT2D eigenvalue weighted by molar-refractivity contribution is 0.0501. The van der Waals surface area contributed by atoms with Gasteiger partial charge in [-0.15, -0.1) is 0 Å². The Balaban J connectivity index is 0.000000296. The zero-order valence-corrected chi connectivity index (χ0v) is 17.7. The molecule has 0 aromatic heterocycles. The highest BCUT2D eigenvalue weighted by Crippen LogP contribution is 2.20. The molecule has 0 aliphatic heterocycles. The number of aliphatic hydroxyl groups excluding tert-OH is 1. The number of rotatable bonds is 9. The Bertz CT molecular complexity index is 759. The van der Waals surface area contributed by atoms with Crippen LogP contribution in [0.4, 0.5) is 0 Å². The molecule has 7 nitrogen and oxygen atoms in total. The molecule has 2 aromatic rings. The van der Waals surface area contributed by atoms with E-state index in [2.05, 4.69) is 0 Å². The lowest BCUT2D eigenvalue weighted by atomic mass is 10.1. The smallest absolute Gasteiger partial charge is 0.338 e. The summed E-state index contributed by atoms with van der Waals surface area (Å²) in [5.41, 5.74) is 3.30. The number of carbonyl (C=O) groups excluding carboxylic acids is 1. The fourth-order valence-electron chi connectivity index (χ4n) is 2.37. The maximum Gasteiger partial charge on any atom is 0.338 e. The highest BCUT2D eigenvalue weighted by atomic mass is 16.7. The van der Waals surface area contributed by atoms with E-state index in [1.165, 1.54) is 0 Å². The fraction of sp³-hybridized carbons (Fsp3) is 0.409. The highest BCUT2D eigenvalue weighted by Gasteiger charge is 2.08. The molecule has 0 heterocycles. The summed E-state index contributed by atoms with van der Waals surface area (Å²) < 4.78 is 25.1. The molecule has 2 rings (SSSR count). The summed E-state index contributed by atoms with van der Waals surface area (Å²) in [7, 11) is 3.14. The van der Waals surface area contributed by atoms with Crippen molar-refractivity contribution in [3.63, 3.8) is 0 Å². The third-order valence-electron chi connectivity index (χ3n) is 3.77. The fourth-order valence-corrected chi connectivity index (χ4v) is 2.37. The second-order valence-electron chi connectivity index (χ2n) is 6.06. The van der Waals surface area contributed by atoms with Crippen molar-refractivity contribution in [3.05, 3.63) is 58.7 Å². The minimum absolute atomic E-state index is 0.0609. The van der Waals surface area contributed by atoms with Crippen LogP contribution in [-0.4, -0.2) is 45.5 Å². The van der Waals surface area contributed by atoms with E-state index < -0.39 is 0 Å². The monoisotopic (exact) mass is 406 g/mol. The van der Waals surface area contributed by atoms with Crippen LogP contribution in [0.3, 0.4) is 0 Å². The van der Waals surface area contributed by atoms with E-state index in [4.69, 9.17) is 28.8 Å². The molecular formula is C22H30O7. The van der Waals surface area contributed by atoms with Crippen molar-refractivity contribution in [2.45, 2.75) is 27.4 Å². The molecule has 29 heavy (non-hydrogen) atoms. The third-order valence-corrected chi connectivity index (χ3v) is 3.77. The Labute approximate surface area is 172 Å². The van der Waals surface area contributed by atoms with Crippen LogP contribution < -0.4 is 9.47 Å². The maximum absolute atomic E-state index is 11.4. The van der Waals surface area contributed by atoms with Gasteiger partial charge in [-0.2, -0.15) is 0 Å². The van der Waals surface area contributed by atoms with Gasteiger partial charge in [-0.3, -0.25) is 0 Å². The molecule has 0 saturated carbocycles. The quantitative estimate of drug-likeness (QED) is 0.503. The maximum atomic E-state index is 11.4. The first kappa shape index (κ1) is 24.4. The topological polar surface area (TPSA) is 83.5 Å². The van der Waals surface area contributed by atoms with Crippen LogP contribution >= 0.6 is 0 Å². The summed E-state index contributed by atoms with van der Waals surface area (Å²) in [4.78, 5) is 11.4. The van der Waals surface area contributed by atoms with Gasteiger partial charge in [0.1, 0.15) is 11.5 Å². The second-order valence-corrected chi connectivity index (χ2v) is 6.06. The Hall–Kier alpha value is -2.61. The van der Waals surface area contributed by atoms with Crippen molar-refractivity contribution in [1.29, 1.82) is 0 Å². The molecule has 0 saturated heterocycles. The summed E-state index contributed by atoms with van der Waals surface area (Å²) in [5.74, 6) is 1.18. The van der Waals surface area contributed by atoms with Gasteiger partial charge in [-0.05, 0) is 61.7 Å². The molecule has 0 aliphatic carbocycles. The van der Waals surface area contributed by atoms with Crippen molar-refractivity contribution in [2.24, 2.45) is 0 Å². The average Bonchev–Trinajstić information content (AvgIpc) is 2.72. The van der Waals surface area contributed by atoms with Crippen LogP contribution in [0, 0.1) is 13.8 Å². The number of esters is 1. The molecule has 0 aliphatic rings. The van der Waals surface area contributed by atoms with Crippen molar-refractivity contribution in [1.82, 2.24) is 0 Å². The third kappa shape index (κ3) is 8.51. The van der Waals surface area contributed by atoms with Gasteiger partial charge in [-0.1, -0.05) is 12.1 Å². The molecule has 0 spiro atoms. The molecule has 0 radical (unpaired) electrons. The standard InChI is InChI=1S/C12H16O4.C10H14O3/c1-4-15-12(13)10-5-6-11(9(2)7-10)16-8-14-3;1-8-5-9(6-11)3-4-10(8)13-7-12-2/h5-7H,4,8H2,1-3H3;3-5,11H,6-7H2,1-2H3. The molecule has 2 aromatic carbocycles. The predicted octanol–water partition coefficient (Wildman–Crippen LogP) is 3.62. The molecule has 0 atom stereocenters. The molecule has 0 fully saturated rings. The van der Waals surface area contributed by atoms with Crippen LogP contribution in [0.1, 0.15) is 34.0 Å². The van der Waals surface area contributed by atoms with Crippen LogP contribution in [-0.2, 0) is 20.8 Å². The molecule has 160 valence electrons. The normalized spacial score (nSPS) is 10.0. The molecule has 0 bridgehead atoms. The van der Waals surface area contributed by atoms with Gasteiger partial charge in [0, 0.05) is 14.2 Å². The number of benzene rings is 2. The second kappa shape index (κ2) is 13.5. The zero-order chi connectivity index (χ0) is 21.6. The van der Waals surface area contributed by atoms with Crippen LogP contribution in [0.15, 0.2) is 36.4 Å². The van der Waals surface area contributed by atoms with Crippen molar-refractivity contribution < 1.29 is 33.6 Å². The van der Waals surface area contributed by atoms with Gasteiger partial charge in [0.15, 0.2) is 13.6 Å². The number of methoxy groups -OCH3 is 2. The van der Waals surface area contributed by atoms with Gasteiger partial charge in [0.25, 0.3) is 0 Å². The summed E-state index contributed by atoms with van der Waals surface area (Å²) in [5, 5.41) is 8.86. The van der Waals surface area contributed by atoms with Gasteiger partial charge < -0.3 is 28.8 Å². The van der Waals surface area contributed by atoms with Gasteiger partial charge in [-0.25, -0.2) is 4.79 Å². The first-order valence-electron chi connectivity index (χ1n) is 9.18. The van der Waals surface area contributed by atoms with Gasteiger partial charge >= 0.3 is 5.97 Å². The lowest BCUT2D eigenvalue weighted by Crippen LogP contribution is -2.06. The van der Waals surface area contributed by atoms with Crippen molar-refractivity contribution in [3.8, 4) is 11.5 Å². The van der Waals surface area contributed by atoms with Gasteiger partial charge in [0.2, 0.25) is 0 Å². The molecule has 7 heteroatoms. The van der Waals surface area contributed by atoms with E-state index in [9.17, 15) is 4.79 Å². The molecule has 0 unspecified atom stereocenters. The summed E-state index contributed by atoms with van der Waals surface area (Å²) in [6.45, 7) is 6.46. The van der Waals surface area contributed by atoms with Crippen LogP contribution in [0.2, 0.25) is 0 Å². The first-order chi connectivity index (χ1) is 14.0. The van der Waals surface area contributed by atoms with Crippen molar-refractivity contribution >= 4 is 5.97 Å². The van der Waals surface area contributed by atoms with E-state index in [1.54, 1.807) is 39.3 Å². The zero-order valence-electron chi connectivity index (χ0n) is 17.7. The largest absolute Gasteiger partial charge is 0.467 e. The van der Waals surface area contributed by atoms with Gasteiger partial charge in [0.05, 0.1) is 18.8 Å². The number of hydrogen-bond acceptors (Lipinski definition) is 7. The lowest BCUT2D eigenvalue weighted by Gasteiger charge is -2.09. The van der Waals surface area contributed by atoms with E-state index in [0.717, 1.165) is 22.4 Å². The summed E-state index contributed by atoms with van der Waals surface area (Å²) >= 11 is 0. The highest BCUT2D eigenvalue weighted by molar-refractivity contribution is 5.89. The Morgan fingerprint density at radius 3 is 1.90 bits per heavy atom. The summed E-state index contributed by atoms with van der Waals surface area (Å²) in [6.07, 6.45) is 0. The number of carbonyl (C=O) groups is 1. The molecule has 0 amide bonds. The Morgan fingerprint density at radius 2 is 1.45 bits per heavy atom. The van der Waals surface area contributed by atoms with Crippen molar-refractivity contribution in [2.75, 3.05) is 34.4 Å². The van der Waals surface area contributed by atoms with Crippen LogP contribution in [0.5, 0.6) is 11.5 Å². The van der Waals surface area contributed by atoms with Crippen LogP contribution in [0.25, 0.3) is 0 Å². The summed E-state index contributed by atoms with van der Waals surface area (Å²) in [6, 6.07) is 10.7. The molecular weight excluding hydrogens is 376 g/mol. The molecule has 1 N–H and O–H groups in total. The minimum Gasteiger partial charge on any atom is -0.467 e.